The monoisotopic (exact) mass is 516 g/mol. The molecule has 0 aromatic heterocycles. The van der Waals surface area contributed by atoms with Gasteiger partial charge in [-0.3, -0.25) is 0 Å². The molecular weight excluding hydrogens is 484 g/mol. The Labute approximate surface area is 222 Å². The lowest BCUT2D eigenvalue weighted by Gasteiger charge is -2.24. The summed E-state index contributed by atoms with van der Waals surface area (Å²) in [6.07, 6.45) is 1.28. The fraction of sp³-hybridized carbons (Fsp3) is 0.355. The van der Waals surface area contributed by atoms with E-state index in [4.69, 9.17) is 28.8 Å². The van der Waals surface area contributed by atoms with Crippen LogP contribution in [-0.4, -0.2) is 42.7 Å². The van der Waals surface area contributed by atoms with Gasteiger partial charge in [0.2, 0.25) is 0 Å². The van der Waals surface area contributed by atoms with E-state index in [0.29, 0.717) is 51.8 Å². The van der Waals surface area contributed by atoms with E-state index in [2.05, 4.69) is 25.0 Å². The zero-order chi connectivity index (χ0) is 26.5. The molecule has 2 unspecified atom stereocenters. The summed E-state index contributed by atoms with van der Waals surface area (Å²) in [5, 5.41) is 18.6. The van der Waals surface area contributed by atoms with Gasteiger partial charge in [-0.05, 0) is 73.2 Å². The summed E-state index contributed by atoms with van der Waals surface area (Å²) in [5.41, 5.74) is 6.50. The Morgan fingerprint density at radius 1 is 1.00 bits per heavy atom. The highest BCUT2D eigenvalue weighted by atomic mass is 16.5. The lowest BCUT2D eigenvalue weighted by Crippen LogP contribution is -2.11. The van der Waals surface area contributed by atoms with E-state index in [1.807, 2.05) is 43.3 Å². The minimum atomic E-state index is -0.892. The Morgan fingerprint density at radius 3 is 2.74 bits per heavy atom. The lowest BCUT2D eigenvalue weighted by molar-refractivity contribution is 0.110. The second-order valence-corrected chi connectivity index (χ2v) is 9.44. The van der Waals surface area contributed by atoms with Gasteiger partial charge in [-0.1, -0.05) is 12.1 Å². The van der Waals surface area contributed by atoms with Crippen LogP contribution >= 0.6 is 0 Å². The number of aryl methyl sites for hydroxylation is 1. The first-order valence-corrected chi connectivity index (χ1v) is 12.9. The van der Waals surface area contributed by atoms with Crippen molar-refractivity contribution in [3.63, 3.8) is 0 Å². The molecule has 0 saturated heterocycles. The van der Waals surface area contributed by atoms with Crippen LogP contribution < -0.4 is 18.9 Å². The van der Waals surface area contributed by atoms with Gasteiger partial charge in [0, 0.05) is 35.3 Å². The van der Waals surface area contributed by atoms with Gasteiger partial charge in [0.1, 0.15) is 55.0 Å². The van der Waals surface area contributed by atoms with Crippen LogP contribution in [0.2, 0.25) is 0 Å². The molecule has 7 heteroatoms. The Morgan fingerprint density at radius 2 is 1.89 bits per heavy atom. The van der Waals surface area contributed by atoms with Crippen molar-refractivity contribution in [1.82, 2.24) is 0 Å². The summed E-state index contributed by atoms with van der Waals surface area (Å²) in [6.45, 7) is 7.19. The Hall–Kier alpha value is -3.86. The van der Waals surface area contributed by atoms with Gasteiger partial charge in [0.05, 0.1) is 13.2 Å². The molecule has 2 aliphatic rings. The van der Waals surface area contributed by atoms with Crippen molar-refractivity contribution >= 4 is 0 Å². The zero-order valence-corrected chi connectivity index (χ0v) is 21.7. The number of hydrogen-bond donors (Lipinski definition) is 2. The first-order valence-electron chi connectivity index (χ1n) is 12.9. The second-order valence-electron chi connectivity index (χ2n) is 9.44. The van der Waals surface area contributed by atoms with Gasteiger partial charge in [0.25, 0.3) is 0 Å². The van der Waals surface area contributed by atoms with E-state index < -0.39 is 6.10 Å². The molecule has 2 aliphatic heterocycles. The maximum absolute atomic E-state index is 9.90. The van der Waals surface area contributed by atoms with Crippen molar-refractivity contribution in [2.75, 3.05) is 26.4 Å². The Bertz CT molecular complexity index is 1350. The molecule has 198 valence electrons. The van der Waals surface area contributed by atoms with Crippen molar-refractivity contribution in [3.05, 3.63) is 70.8 Å². The molecule has 7 nitrogen and oxygen atoms in total. The molecule has 0 radical (unpaired) electrons. The van der Waals surface area contributed by atoms with E-state index in [1.54, 1.807) is 6.11 Å². The molecule has 0 saturated carbocycles. The van der Waals surface area contributed by atoms with E-state index in [0.717, 1.165) is 45.1 Å². The average Bonchev–Trinajstić information content (AvgIpc) is 3.31. The third-order valence-corrected chi connectivity index (χ3v) is 6.80. The molecule has 38 heavy (non-hydrogen) atoms. The van der Waals surface area contributed by atoms with Gasteiger partial charge < -0.3 is 33.9 Å². The molecule has 0 bridgehead atoms. The van der Waals surface area contributed by atoms with E-state index in [-0.39, 0.29) is 5.92 Å². The van der Waals surface area contributed by atoms with Crippen LogP contribution in [0.25, 0.3) is 11.1 Å². The minimum Gasteiger partial charge on any atom is -0.493 e. The van der Waals surface area contributed by atoms with Crippen molar-refractivity contribution in [2.45, 2.75) is 45.5 Å². The highest BCUT2D eigenvalue weighted by Gasteiger charge is 2.27. The third-order valence-electron chi connectivity index (χ3n) is 6.80. The molecule has 0 spiro atoms. The summed E-state index contributed by atoms with van der Waals surface area (Å²) >= 11 is 0. The van der Waals surface area contributed by atoms with Crippen LogP contribution in [0.15, 0.2) is 48.5 Å². The summed E-state index contributed by atoms with van der Waals surface area (Å²) in [6, 6.07) is 16.0. The normalized spacial score (nSPS) is 15.6. The van der Waals surface area contributed by atoms with Gasteiger partial charge in [-0.15, -0.1) is 0 Å². The van der Waals surface area contributed by atoms with E-state index in [1.165, 1.54) is 5.56 Å². The molecule has 2 N–H and O–H groups in total. The maximum atomic E-state index is 9.90. The lowest BCUT2D eigenvalue weighted by atomic mass is 9.91. The number of aliphatic hydroxyl groups is 2. The average molecular weight is 517 g/mol. The number of benzene rings is 3. The third kappa shape index (κ3) is 5.67. The second kappa shape index (κ2) is 11.7. The topological polar surface area (TPSA) is 86.6 Å². The highest BCUT2D eigenvalue weighted by Crippen LogP contribution is 2.42. The number of rotatable bonds is 10. The smallest absolute Gasteiger partial charge is 0.127 e. The standard InChI is InChI=1S/C31H32O7/c1-3-34-10-11-35-26-12-20(2)31-23(15-26)19-37-29-7-4-21(13-28(29)31)17-36-25-5-6-27-22(14-24(33)8-9-32)18-38-30(27)16-25/h4-7,12-13,15-16,22,24,32-33H,3,10-11,14,17-19H2,1-2H3. The largest absolute Gasteiger partial charge is 0.493 e. The van der Waals surface area contributed by atoms with Gasteiger partial charge in [0.15, 0.2) is 0 Å². The van der Waals surface area contributed by atoms with Crippen molar-refractivity contribution in [3.8, 4) is 46.2 Å². The van der Waals surface area contributed by atoms with E-state index in [9.17, 15) is 5.11 Å². The fourth-order valence-electron chi connectivity index (χ4n) is 5.02. The number of ether oxygens (including phenoxy) is 5. The van der Waals surface area contributed by atoms with Crippen LogP contribution in [-0.2, 0) is 18.0 Å². The zero-order valence-electron chi connectivity index (χ0n) is 21.7. The minimum absolute atomic E-state index is 0.0226. The van der Waals surface area contributed by atoms with Crippen LogP contribution in [0.3, 0.4) is 0 Å². The summed E-state index contributed by atoms with van der Waals surface area (Å²) in [7, 11) is 0. The quantitative estimate of drug-likeness (QED) is 0.286. The molecule has 2 atom stereocenters. The molecule has 3 aromatic carbocycles. The van der Waals surface area contributed by atoms with Crippen molar-refractivity contribution < 1.29 is 33.9 Å². The van der Waals surface area contributed by atoms with Gasteiger partial charge >= 0.3 is 0 Å². The molecule has 0 amide bonds. The molecule has 3 aromatic rings. The molecule has 2 heterocycles. The molecule has 0 aliphatic carbocycles. The maximum Gasteiger partial charge on any atom is 0.127 e. The molecular formula is C31H32O7. The first kappa shape index (κ1) is 25.8. The SMILES string of the molecule is CCOCCOc1cc(C)c2c(c1)COc1ccc(COc3ccc4c(c3)OCC4CC(O)C#CO)cc1-2. The molecule has 5 rings (SSSR count). The fourth-order valence-corrected chi connectivity index (χ4v) is 5.02. The predicted molar refractivity (Wildman–Crippen MR) is 142 cm³/mol. The first-order chi connectivity index (χ1) is 18.6. The van der Waals surface area contributed by atoms with E-state index >= 15 is 0 Å². The van der Waals surface area contributed by atoms with Crippen LogP contribution in [0.1, 0.15) is 41.5 Å². The van der Waals surface area contributed by atoms with Crippen LogP contribution in [0, 0.1) is 19.0 Å². The number of hydrogen-bond acceptors (Lipinski definition) is 7. The number of fused-ring (bicyclic) bond motifs is 4. The highest BCUT2D eigenvalue weighted by molar-refractivity contribution is 5.79. The van der Waals surface area contributed by atoms with Crippen LogP contribution in [0.5, 0.6) is 23.0 Å². The summed E-state index contributed by atoms with van der Waals surface area (Å²) in [4.78, 5) is 0. The summed E-state index contributed by atoms with van der Waals surface area (Å²) in [5.74, 6) is 5.52. The van der Waals surface area contributed by atoms with Gasteiger partial charge in [-0.2, -0.15) is 0 Å². The number of aliphatic hydroxyl groups excluding tert-OH is 2. The Kier molecular flexibility index (Phi) is 7.92. The van der Waals surface area contributed by atoms with Crippen LogP contribution in [0.4, 0.5) is 0 Å². The Balaban J connectivity index is 1.27. The van der Waals surface area contributed by atoms with Crippen molar-refractivity contribution in [2.24, 2.45) is 0 Å². The van der Waals surface area contributed by atoms with Gasteiger partial charge in [-0.25, -0.2) is 0 Å². The summed E-state index contributed by atoms with van der Waals surface area (Å²) < 4.78 is 29.2. The predicted octanol–water partition coefficient (Wildman–Crippen LogP) is 5.11. The molecule has 0 fully saturated rings. The van der Waals surface area contributed by atoms with Crippen molar-refractivity contribution in [1.29, 1.82) is 0 Å².